The minimum absolute atomic E-state index is 0.0315. The third kappa shape index (κ3) is 5.10. The van der Waals surface area contributed by atoms with Crippen LogP contribution in [0.3, 0.4) is 0 Å². The number of nitrogens with zero attached hydrogens (tertiary/aromatic N) is 1. The van der Waals surface area contributed by atoms with E-state index in [1.807, 2.05) is 13.8 Å². The number of aliphatic carboxylic acids is 1. The van der Waals surface area contributed by atoms with Gasteiger partial charge in [0.05, 0.1) is 6.54 Å². The van der Waals surface area contributed by atoms with E-state index in [0.717, 1.165) is 28.0 Å². The predicted molar refractivity (Wildman–Crippen MR) is 95.4 cm³/mol. The molecule has 128 valence electrons. The van der Waals surface area contributed by atoms with E-state index in [1.165, 1.54) is 5.56 Å². The van der Waals surface area contributed by atoms with E-state index in [1.54, 1.807) is 11.9 Å². The molecule has 24 heavy (non-hydrogen) atoms. The molecule has 2 aromatic carbocycles. The first-order valence-corrected chi connectivity index (χ1v) is 8.04. The topological polar surface area (TPSA) is 49.8 Å². The van der Waals surface area contributed by atoms with Gasteiger partial charge in [-0.15, -0.1) is 0 Å². The molecular weight excluding hydrogens is 302 g/mol. The fourth-order valence-electron chi connectivity index (χ4n) is 2.80. The van der Waals surface area contributed by atoms with Crippen LogP contribution in [-0.2, 0) is 17.9 Å². The lowest BCUT2D eigenvalue weighted by Gasteiger charge is -2.18. The fourth-order valence-corrected chi connectivity index (χ4v) is 2.80. The standard InChI is InChI=1S/C20H25NO3/c1-14-5-7-17(8-6-14)13-24-20-15(2)9-18(10-16(20)3)11-21(4)12-19(22)23/h5-10H,11-13H2,1-4H3,(H,22,23). The van der Waals surface area contributed by atoms with E-state index in [0.29, 0.717) is 13.2 Å². The molecule has 0 bridgehead atoms. The number of likely N-dealkylation sites (N-methyl/N-ethyl adjacent to an activating group) is 1. The van der Waals surface area contributed by atoms with Gasteiger partial charge in [-0.05, 0) is 50.1 Å². The zero-order valence-electron chi connectivity index (χ0n) is 14.8. The zero-order valence-corrected chi connectivity index (χ0v) is 14.8. The van der Waals surface area contributed by atoms with E-state index in [4.69, 9.17) is 9.84 Å². The van der Waals surface area contributed by atoms with E-state index in [9.17, 15) is 4.79 Å². The molecule has 4 nitrogen and oxygen atoms in total. The van der Waals surface area contributed by atoms with E-state index in [-0.39, 0.29) is 6.54 Å². The molecule has 2 rings (SSSR count). The first-order valence-electron chi connectivity index (χ1n) is 8.04. The molecule has 0 aliphatic rings. The van der Waals surface area contributed by atoms with E-state index < -0.39 is 5.97 Å². The Morgan fingerprint density at radius 1 is 1.04 bits per heavy atom. The van der Waals surface area contributed by atoms with Crippen LogP contribution in [-0.4, -0.2) is 29.6 Å². The fraction of sp³-hybridized carbons (Fsp3) is 0.350. The summed E-state index contributed by atoms with van der Waals surface area (Å²) in [5, 5.41) is 8.85. The van der Waals surface area contributed by atoms with Crippen molar-refractivity contribution in [3.63, 3.8) is 0 Å². The molecule has 0 atom stereocenters. The minimum Gasteiger partial charge on any atom is -0.488 e. The predicted octanol–water partition coefficient (Wildman–Crippen LogP) is 3.71. The lowest BCUT2D eigenvalue weighted by atomic mass is 10.1. The third-order valence-corrected chi connectivity index (χ3v) is 3.88. The van der Waals surface area contributed by atoms with Crippen LogP contribution in [0.15, 0.2) is 36.4 Å². The van der Waals surface area contributed by atoms with Crippen LogP contribution in [0, 0.1) is 20.8 Å². The summed E-state index contributed by atoms with van der Waals surface area (Å²) < 4.78 is 6.01. The van der Waals surface area contributed by atoms with Gasteiger partial charge >= 0.3 is 5.97 Å². The van der Waals surface area contributed by atoms with Gasteiger partial charge < -0.3 is 9.84 Å². The molecule has 0 fully saturated rings. The van der Waals surface area contributed by atoms with Crippen molar-refractivity contribution in [1.29, 1.82) is 0 Å². The molecule has 0 unspecified atom stereocenters. The maximum absolute atomic E-state index is 10.8. The van der Waals surface area contributed by atoms with Gasteiger partial charge in [-0.1, -0.05) is 42.0 Å². The zero-order chi connectivity index (χ0) is 17.7. The Bertz CT molecular complexity index is 684. The van der Waals surface area contributed by atoms with Gasteiger partial charge in [0.15, 0.2) is 0 Å². The van der Waals surface area contributed by atoms with Crippen molar-refractivity contribution in [1.82, 2.24) is 4.90 Å². The third-order valence-electron chi connectivity index (χ3n) is 3.88. The molecule has 0 saturated heterocycles. The molecule has 0 aliphatic carbocycles. The van der Waals surface area contributed by atoms with Gasteiger partial charge in [-0.3, -0.25) is 9.69 Å². The van der Waals surface area contributed by atoms with Crippen molar-refractivity contribution >= 4 is 5.97 Å². The summed E-state index contributed by atoms with van der Waals surface area (Å²) in [5.74, 6) is 0.0872. The quantitative estimate of drug-likeness (QED) is 0.842. The van der Waals surface area contributed by atoms with Crippen LogP contribution in [0.5, 0.6) is 5.75 Å². The van der Waals surface area contributed by atoms with Gasteiger partial charge in [0.2, 0.25) is 0 Å². The average molecular weight is 327 g/mol. The van der Waals surface area contributed by atoms with E-state index >= 15 is 0 Å². The Kier molecular flexibility index (Phi) is 5.99. The number of hydrogen-bond acceptors (Lipinski definition) is 3. The molecule has 0 saturated carbocycles. The van der Waals surface area contributed by atoms with Crippen LogP contribution < -0.4 is 4.74 Å². The molecule has 0 amide bonds. The number of carboxylic acids is 1. The van der Waals surface area contributed by atoms with Crippen molar-refractivity contribution in [2.24, 2.45) is 0 Å². The molecule has 2 aromatic rings. The molecule has 0 radical (unpaired) electrons. The summed E-state index contributed by atoms with van der Waals surface area (Å²) in [4.78, 5) is 12.5. The number of aryl methyl sites for hydroxylation is 3. The second-order valence-corrected chi connectivity index (χ2v) is 6.40. The molecular formula is C20H25NO3. The van der Waals surface area contributed by atoms with Crippen LogP contribution in [0.4, 0.5) is 0 Å². The Morgan fingerprint density at radius 3 is 2.17 bits per heavy atom. The maximum Gasteiger partial charge on any atom is 0.317 e. The van der Waals surface area contributed by atoms with Crippen LogP contribution in [0.1, 0.15) is 27.8 Å². The summed E-state index contributed by atoms with van der Waals surface area (Å²) in [6, 6.07) is 12.5. The first-order chi connectivity index (χ1) is 11.3. The maximum atomic E-state index is 10.8. The van der Waals surface area contributed by atoms with Gasteiger partial charge in [0.25, 0.3) is 0 Å². The summed E-state index contributed by atoms with van der Waals surface area (Å²) in [6.07, 6.45) is 0. The number of ether oxygens (including phenoxy) is 1. The van der Waals surface area contributed by atoms with Gasteiger partial charge in [-0.25, -0.2) is 0 Å². The Balaban J connectivity index is 2.06. The van der Waals surface area contributed by atoms with Gasteiger partial charge in [0.1, 0.15) is 12.4 Å². The van der Waals surface area contributed by atoms with Crippen LogP contribution >= 0.6 is 0 Å². The molecule has 0 aliphatic heterocycles. The smallest absolute Gasteiger partial charge is 0.317 e. The minimum atomic E-state index is -0.816. The van der Waals surface area contributed by atoms with Crippen LogP contribution in [0.25, 0.3) is 0 Å². The summed E-state index contributed by atoms with van der Waals surface area (Å²) >= 11 is 0. The summed E-state index contributed by atoms with van der Waals surface area (Å²) in [7, 11) is 1.81. The van der Waals surface area contributed by atoms with Crippen molar-refractivity contribution in [3.8, 4) is 5.75 Å². The Hall–Kier alpha value is -2.33. The molecule has 0 spiro atoms. The van der Waals surface area contributed by atoms with Crippen molar-refractivity contribution in [2.75, 3.05) is 13.6 Å². The van der Waals surface area contributed by atoms with Crippen LogP contribution in [0.2, 0.25) is 0 Å². The van der Waals surface area contributed by atoms with Gasteiger partial charge in [0, 0.05) is 6.54 Å². The highest BCUT2D eigenvalue weighted by atomic mass is 16.5. The molecule has 0 heterocycles. The molecule has 1 N–H and O–H groups in total. The lowest BCUT2D eigenvalue weighted by molar-refractivity contribution is -0.138. The average Bonchev–Trinajstić information content (AvgIpc) is 2.47. The van der Waals surface area contributed by atoms with E-state index in [2.05, 4.69) is 43.3 Å². The molecule has 0 aromatic heterocycles. The SMILES string of the molecule is Cc1ccc(COc2c(C)cc(CN(C)CC(=O)O)cc2C)cc1. The summed E-state index contributed by atoms with van der Waals surface area (Å²) in [5.41, 5.74) is 5.61. The van der Waals surface area contributed by atoms with Gasteiger partial charge in [-0.2, -0.15) is 0 Å². The lowest BCUT2D eigenvalue weighted by Crippen LogP contribution is -2.25. The number of hydrogen-bond donors (Lipinski definition) is 1. The summed E-state index contributed by atoms with van der Waals surface area (Å²) in [6.45, 7) is 7.30. The van der Waals surface area contributed by atoms with Crippen molar-refractivity contribution in [3.05, 3.63) is 64.2 Å². The highest BCUT2D eigenvalue weighted by molar-refractivity contribution is 5.69. The molecule has 4 heteroatoms. The second kappa shape index (κ2) is 7.97. The van der Waals surface area contributed by atoms with Crippen molar-refractivity contribution < 1.29 is 14.6 Å². The highest BCUT2D eigenvalue weighted by Crippen LogP contribution is 2.26. The number of rotatable bonds is 7. The number of carbonyl (C=O) groups is 1. The Morgan fingerprint density at radius 2 is 1.62 bits per heavy atom. The van der Waals surface area contributed by atoms with Crippen molar-refractivity contribution in [2.45, 2.75) is 33.9 Å². The normalized spacial score (nSPS) is 10.9. The monoisotopic (exact) mass is 327 g/mol. The first kappa shape index (κ1) is 18.0. The second-order valence-electron chi connectivity index (χ2n) is 6.40. The number of benzene rings is 2. The number of carboxylic acid groups (broad SMARTS) is 1. The largest absolute Gasteiger partial charge is 0.488 e. The highest BCUT2D eigenvalue weighted by Gasteiger charge is 2.10. The Labute approximate surface area is 143 Å².